The van der Waals surface area contributed by atoms with Gasteiger partial charge < -0.3 is 24.1 Å². The van der Waals surface area contributed by atoms with E-state index in [2.05, 4.69) is 5.32 Å². The second-order valence-electron chi connectivity index (χ2n) is 6.87. The number of anilines is 2. The first-order chi connectivity index (χ1) is 14.7. The number of methoxy groups -OCH3 is 1. The van der Waals surface area contributed by atoms with Gasteiger partial charge in [0.2, 0.25) is 0 Å². The van der Waals surface area contributed by atoms with Gasteiger partial charge >= 0.3 is 0 Å². The van der Waals surface area contributed by atoms with Crippen molar-refractivity contribution in [2.75, 3.05) is 30.5 Å². The number of carbonyl (C=O) groups excluding carboxylic acids is 2. The molecule has 2 amide bonds. The number of furan rings is 1. The number of ether oxygens (including phenoxy) is 2. The number of hydrogen-bond acceptors (Lipinski definition) is 5. The highest BCUT2D eigenvalue weighted by molar-refractivity contribution is 6.05. The van der Waals surface area contributed by atoms with Crippen LogP contribution in [-0.4, -0.2) is 32.1 Å². The van der Waals surface area contributed by atoms with Crippen LogP contribution in [0.1, 0.15) is 22.5 Å². The minimum Gasteiger partial charge on any atom is -0.493 e. The zero-order valence-electron chi connectivity index (χ0n) is 16.6. The van der Waals surface area contributed by atoms with Gasteiger partial charge in [0.25, 0.3) is 11.8 Å². The van der Waals surface area contributed by atoms with Crippen LogP contribution in [0.25, 0.3) is 0 Å². The summed E-state index contributed by atoms with van der Waals surface area (Å²) in [6, 6.07) is 16.1. The molecule has 0 saturated heterocycles. The Labute approximate surface area is 174 Å². The van der Waals surface area contributed by atoms with Crippen molar-refractivity contribution in [3.63, 3.8) is 0 Å². The first kappa shape index (κ1) is 19.6. The van der Waals surface area contributed by atoms with E-state index in [1.807, 2.05) is 24.3 Å². The Balaban J connectivity index is 1.42. The van der Waals surface area contributed by atoms with Crippen LogP contribution < -0.4 is 19.7 Å². The molecule has 4 rings (SSSR count). The highest BCUT2D eigenvalue weighted by Crippen LogP contribution is 2.31. The fraction of sp³-hybridized carbons (Fsp3) is 0.217. The predicted molar refractivity (Wildman–Crippen MR) is 112 cm³/mol. The molecule has 0 bridgehead atoms. The molecule has 1 N–H and O–H groups in total. The zero-order valence-corrected chi connectivity index (χ0v) is 16.6. The fourth-order valence-corrected chi connectivity index (χ4v) is 3.50. The monoisotopic (exact) mass is 406 g/mol. The first-order valence-corrected chi connectivity index (χ1v) is 9.69. The van der Waals surface area contributed by atoms with E-state index in [0.717, 1.165) is 24.1 Å². The predicted octanol–water partition coefficient (Wildman–Crippen LogP) is 3.90. The SMILES string of the molecule is COc1ccccc1OCC(=O)Nc1ccc2c(c1)CCCN2C(=O)c1ccco1. The van der Waals surface area contributed by atoms with Crippen LogP contribution in [0.15, 0.2) is 65.3 Å². The van der Waals surface area contributed by atoms with Gasteiger partial charge in [-0.3, -0.25) is 9.59 Å². The number of rotatable bonds is 6. The van der Waals surface area contributed by atoms with Crippen molar-refractivity contribution in [2.45, 2.75) is 12.8 Å². The molecule has 1 aliphatic rings. The topological polar surface area (TPSA) is 81.0 Å². The molecule has 2 aromatic carbocycles. The molecule has 7 heteroatoms. The zero-order chi connectivity index (χ0) is 20.9. The number of para-hydroxylation sites is 2. The Morgan fingerprint density at radius 3 is 2.70 bits per heavy atom. The molecule has 7 nitrogen and oxygen atoms in total. The summed E-state index contributed by atoms with van der Waals surface area (Å²) < 4.78 is 16.0. The average Bonchev–Trinajstić information content (AvgIpc) is 3.32. The maximum Gasteiger partial charge on any atom is 0.293 e. The summed E-state index contributed by atoms with van der Waals surface area (Å²) in [6.45, 7) is 0.492. The Morgan fingerprint density at radius 2 is 1.93 bits per heavy atom. The molecule has 2 heterocycles. The summed E-state index contributed by atoms with van der Waals surface area (Å²) >= 11 is 0. The van der Waals surface area contributed by atoms with E-state index in [4.69, 9.17) is 13.9 Å². The van der Waals surface area contributed by atoms with Gasteiger partial charge in [0.05, 0.1) is 13.4 Å². The lowest BCUT2D eigenvalue weighted by molar-refractivity contribution is -0.118. The lowest BCUT2D eigenvalue weighted by Gasteiger charge is -2.29. The molecule has 1 aliphatic heterocycles. The van der Waals surface area contributed by atoms with Crippen molar-refractivity contribution in [3.8, 4) is 11.5 Å². The third kappa shape index (κ3) is 4.15. The van der Waals surface area contributed by atoms with Gasteiger partial charge in [0.1, 0.15) is 0 Å². The Bertz CT molecular complexity index is 1050. The normalized spacial score (nSPS) is 12.8. The average molecular weight is 406 g/mol. The molecule has 0 atom stereocenters. The highest BCUT2D eigenvalue weighted by atomic mass is 16.5. The first-order valence-electron chi connectivity index (χ1n) is 9.69. The van der Waals surface area contributed by atoms with Crippen LogP contribution in [0.2, 0.25) is 0 Å². The molecule has 154 valence electrons. The smallest absolute Gasteiger partial charge is 0.293 e. The number of aryl methyl sites for hydroxylation is 1. The number of nitrogens with one attached hydrogen (secondary N) is 1. The van der Waals surface area contributed by atoms with Crippen molar-refractivity contribution >= 4 is 23.2 Å². The molecule has 0 spiro atoms. The number of benzene rings is 2. The van der Waals surface area contributed by atoms with Crippen LogP contribution in [0.3, 0.4) is 0 Å². The van der Waals surface area contributed by atoms with E-state index < -0.39 is 0 Å². The van der Waals surface area contributed by atoms with Crippen LogP contribution in [0, 0.1) is 0 Å². The maximum atomic E-state index is 12.7. The number of hydrogen-bond donors (Lipinski definition) is 1. The molecule has 1 aromatic heterocycles. The Kier molecular flexibility index (Phi) is 5.70. The standard InChI is InChI=1S/C23H22N2O5/c1-28-19-7-2-3-8-20(19)30-15-22(26)24-17-10-11-18-16(14-17)6-4-12-25(18)23(27)21-9-5-13-29-21/h2-3,5,7-11,13-14H,4,6,12,15H2,1H3,(H,24,26). The van der Waals surface area contributed by atoms with Crippen molar-refractivity contribution < 1.29 is 23.5 Å². The fourth-order valence-electron chi connectivity index (χ4n) is 3.50. The third-order valence-corrected chi connectivity index (χ3v) is 4.89. The highest BCUT2D eigenvalue weighted by Gasteiger charge is 2.25. The lowest BCUT2D eigenvalue weighted by Crippen LogP contribution is -2.35. The van der Waals surface area contributed by atoms with E-state index in [1.54, 1.807) is 42.3 Å². The largest absolute Gasteiger partial charge is 0.493 e. The van der Waals surface area contributed by atoms with Gasteiger partial charge in [-0.1, -0.05) is 12.1 Å². The van der Waals surface area contributed by atoms with E-state index in [-0.39, 0.29) is 18.4 Å². The van der Waals surface area contributed by atoms with E-state index >= 15 is 0 Å². The summed E-state index contributed by atoms with van der Waals surface area (Å²) in [4.78, 5) is 26.7. The van der Waals surface area contributed by atoms with Crippen molar-refractivity contribution in [2.24, 2.45) is 0 Å². The summed E-state index contributed by atoms with van der Waals surface area (Å²) in [5, 5.41) is 2.84. The minimum absolute atomic E-state index is 0.138. The quantitative estimate of drug-likeness (QED) is 0.672. The number of amides is 2. The molecule has 0 unspecified atom stereocenters. The molecule has 30 heavy (non-hydrogen) atoms. The maximum absolute atomic E-state index is 12.7. The van der Waals surface area contributed by atoms with Crippen molar-refractivity contribution in [1.29, 1.82) is 0 Å². The van der Waals surface area contributed by atoms with Gasteiger partial charge in [-0.05, 0) is 60.9 Å². The summed E-state index contributed by atoms with van der Waals surface area (Å²) in [5.41, 5.74) is 2.50. The second-order valence-corrected chi connectivity index (χ2v) is 6.87. The molecule has 0 saturated carbocycles. The molecule has 0 aliphatic carbocycles. The third-order valence-electron chi connectivity index (χ3n) is 4.89. The van der Waals surface area contributed by atoms with Gasteiger partial charge in [-0.15, -0.1) is 0 Å². The lowest BCUT2D eigenvalue weighted by atomic mass is 10.0. The Hall–Kier alpha value is -3.74. The second kappa shape index (κ2) is 8.73. The van der Waals surface area contributed by atoms with Crippen LogP contribution in [0.4, 0.5) is 11.4 Å². The summed E-state index contributed by atoms with van der Waals surface area (Å²) in [7, 11) is 1.55. The van der Waals surface area contributed by atoms with E-state index in [1.165, 1.54) is 6.26 Å². The van der Waals surface area contributed by atoms with Crippen LogP contribution >= 0.6 is 0 Å². The number of carbonyl (C=O) groups is 2. The van der Waals surface area contributed by atoms with E-state index in [9.17, 15) is 9.59 Å². The molecule has 3 aromatic rings. The van der Waals surface area contributed by atoms with Crippen molar-refractivity contribution in [1.82, 2.24) is 0 Å². The summed E-state index contributed by atoms with van der Waals surface area (Å²) in [6.07, 6.45) is 3.16. The van der Waals surface area contributed by atoms with Gasteiger partial charge in [0, 0.05) is 17.9 Å². The minimum atomic E-state index is -0.278. The number of nitrogens with zero attached hydrogens (tertiary/aromatic N) is 1. The van der Waals surface area contributed by atoms with Crippen LogP contribution in [0.5, 0.6) is 11.5 Å². The van der Waals surface area contributed by atoms with Gasteiger partial charge in [-0.2, -0.15) is 0 Å². The molecule has 0 fully saturated rings. The van der Waals surface area contributed by atoms with E-state index in [0.29, 0.717) is 29.5 Å². The molecular weight excluding hydrogens is 384 g/mol. The molecular formula is C23H22N2O5. The molecule has 0 radical (unpaired) electrons. The van der Waals surface area contributed by atoms with Gasteiger partial charge in [0.15, 0.2) is 23.9 Å². The van der Waals surface area contributed by atoms with Crippen LogP contribution in [-0.2, 0) is 11.2 Å². The summed E-state index contributed by atoms with van der Waals surface area (Å²) in [5.74, 6) is 0.949. The van der Waals surface area contributed by atoms with Gasteiger partial charge in [-0.25, -0.2) is 0 Å². The Morgan fingerprint density at radius 1 is 1.10 bits per heavy atom. The van der Waals surface area contributed by atoms with Crippen molar-refractivity contribution in [3.05, 3.63) is 72.2 Å². The number of fused-ring (bicyclic) bond motifs is 1.